The molecule has 0 aliphatic rings. The fourth-order valence-corrected chi connectivity index (χ4v) is 1.36. The molecule has 1 aromatic rings. The molecule has 1 rings (SSSR count). The standard InChI is InChI=1S/C12H13ClO3/c1-9(4-2-7-12(14)15)16-11-6-3-5-10(13)8-11/h2-3,5-9H,4H2,1H3,(H,14,15)/b7-2+. The Balaban J connectivity index is 2.45. The monoisotopic (exact) mass is 240 g/mol. The van der Waals surface area contributed by atoms with Gasteiger partial charge in [0, 0.05) is 17.5 Å². The first-order valence-electron chi connectivity index (χ1n) is 4.89. The van der Waals surface area contributed by atoms with Crippen LogP contribution < -0.4 is 4.74 Å². The lowest BCUT2D eigenvalue weighted by Gasteiger charge is -2.12. The zero-order chi connectivity index (χ0) is 12.0. The molecule has 0 bridgehead atoms. The van der Waals surface area contributed by atoms with E-state index in [0.717, 1.165) is 6.08 Å². The van der Waals surface area contributed by atoms with Crippen LogP contribution in [0, 0.1) is 0 Å². The number of ether oxygens (including phenoxy) is 1. The molecule has 0 aromatic heterocycles. The van der Waals surface area contributed by atoms with Gasteiger partial charge in [-0.25, -0.2) is 4.79 Å². The maximum atomic E-state index is 10.2. The Morgan fingerprint density at radius 1 is 1.62 bits per heavy atom. The Labute approximate surface area is 99.3 Å². The molecule has 3 nitrogen and oxygen atoms in total. The summed E-state index contributed by atoms with van der Waals surface area (Å²) in [5.74, 6) is -0.265. The van der Waals surface area contributed by atoms with Gasteiger partial charge in [0.15, 0.2) is 0 Å². The van der Waals surface area contributed by atoms with Crippen molar-refractivity contribution in [3.8, 4) is 5.75 Å². The van der Waals surface area contributed by atoms with Crippen LogP contribution in [-0.2, 0) is 4.79 Å². The number of halogens is 1. The second-order valence-electron chi connectivity index (χ2n) is 3.36. The summed E-state index contributed by atoms with van der Waals surface area (Å²) in [6.45, 7) is 1.87. The van der Waals surface area contributed by atoms with Gasteiger partial charge < -0.3 is 9.84 Å². The lowest BCUT2D eigenvalue weighted by molar-refractivity contribution is -0.131. The van der Waals surface area contributed by atoms with E-state index in [1.54, 1.807) is 24.3 Å². The highest BCUT2D eigenvalue weighted by Crippen LogP contribution is 2.18. The lowest BCUT2D eigenvalue weighted by Crippen LogP contribution is -2.10. The second-order valence-corrected chi connectivity index (χ2v) is 3.80. The van der Waals surface area contributed by atoms with Crippen LogP contribution in [0.25, 0.3) is 0 Å². The molecule has 4 heteroatoms. The fourth-order valence-electron chi connectivity index (χ4n) is 1.18. The largest absolute Gasteiger partial charge is 0.490 e. The van der Waals surface area contributed by atoms with E-state index in [0.29, 0.717) is 17.2 Å². The SMILES string of the molecule is CC(C/C=C/C(=O)O)Oc1cccc(Cl)c1. The maximum absolute atomic E-state index is 10.2. The summed E-state index contributed by atoms with van der Waals surface area (Å²) >= 11 is 5.80. The first-order chi connectivity index (χ1) is 7.58. The summed E-state index contributed by atoms with van der Waals surface area (Å²) in [6.07, 6.45) is 3.13. The summed E-state index contributed by atoms with van der Waals surface area (Å²) in [4.78, 5) is 10.2. The average Bonchev–Trinajstić information content (AvgIpc) is 2.16. The Morgan fingerprint density at radius 2 is 2.38 bits per heavy atom. The van der Waals surface area contributed by atoms with Crippen LogP contribution in [0.4, 0.5) is 0 Å². The third-order valence-electron chi connectivity index (χ3n) is 1.86. The zero-order valence-corrected chi connectivity index (χ0v) is 9.65. The molecule has 0 fully saturated rings. The first-order valence-corrected chi connectivity index (χ1v) is 5.27. The van der Waals surface area contributed by atoms with E-state index in [2.05, 4.69) is 0 Å². The van der Waals surface area contributed by atoms with Crippen LogP contribution in [0.1, 0.15) is 13.3 Å². The van der Waals surface area contributed by atoms with E-state index in [-0.39, 0.29) is 6.10 Å². The predicted molar refractivity (Wildman–Crippen MR) is 62.9 cm³/mol. The van der Waals surface area contributed by atoms with E-state index in [1.807, 2.05) is 13.0 Å². The van der Waals surface area contributed by atoms with Gasteiger partial charge in [0.05, 0.1) is 6.10 Å². The molecular formula is C12H13ClO3. The predicted octanol–water partition coefficient (Wildman–Crippen LogP) is 3.14. The summed E-state index contributed by atoms with van der Waals surface area (Å²) in [5, 5.41) is 9.02. The Morgan fingerprint density at radius 3 is 3.00 bits per heavy atom. The van der Waals surface area contributed by atoms with Crippen LogP contribution in [0.2, 0.25) is 5.02 Å². The van der Waals surface area contributed by atoms with Crippen molar-refractivity contribution in [3.05, 3.63) is 41.4 Å². The summed E-state index contributed by atoms with van der Waals surface area (Å²) in [7, 11) is 0. The minimum Gasteiger partial charge on any atom is -0.490 e. The van der Waals surface area contributed by atoms with Gasteiger partial charge in [-0.3, -0.25) is 0 Å². The zero-order valence-electron chi connectivity index (χ0n) is 8.89. The van der Waals surface area contributed by atoms with Gasteiger partial charge in [0.1, 0.15) is 5.75 Å². The van der Waals surface area contributed by atoms with Gasteiger partial charge in [0.2, 0.25) is 0 Å². The van der Waals surface area contributed by atoms with Crippen LogP contribution >= 0.6 is 11.6 Å². The molecule has 0 spiro atoms. The Kier molecular flexibility index (Phi) is 4.86. The minimum absolute atomic E-state index is 0.0888. The van der Waals surface area contributed by atoms with Crippen molar-refractivity contribution in [2.24, 2.45) is 0 Å². The molecule has 1 unspecified atom stereocenters. The van der Waals surface area contributed by atoms with Crippen molar-refractivity contribution in [3.63, 3.8) is 0 Å². The quantitative estimate of drug-likeness (QED) is 0.805. The minimum atomic E-state index is -0.949. The molecule has 16 heavy (non-hydrogen) atoms. The highest BCUT2D eigenvalue weighted by Gasteiger charge is 2.02. The van der Waals surface area contributed by atoms with Crippen molar-refractivity contribution < 1.29 is 14.6 Å². The van der Waals surface area contributed by atoms with Crippen molar-refractivity contribution in [2.75, 3.05) is 0 Å². The molecule has 1 aromatic carbocycles. The van der Waals surface area contributed by atoms with E-state index >= 15 is 0 Å². The first kappa shape index (κ1) is 12.6. The molecular weight excluding hydrogens is 228 g/mol. The molecule has 0 saturated carbocycles. The normalized spacial score (nSPS) is 12.6. The Hall–Kier alpha value is -1.48. The molecule has 0 amide bonds. The number of benzene rings is 1. The highest BCUT2D eigenvalue weighted by molar-refractivity contribution is 6.30. The average molecular weight is 241 g/mol. The number of aliphatic carboxylic acids is 1. The van der Waals surface area contributed by atoms with Crippen LogP contribution in [0.5, 0.6) is 5.75 Å². The van der Waals surface area contributed by atoms with Crippen LogP contribution in [-0.4, -0.2) is 17.2 Å². The summed E-state index contributed by atoms with van der Waals surface area (Å²) in [6, 6.07) is 7.10. The van der Waals surface area contributed by atoms with Gasteiger partial charge in [0.25, 0.3) is 0 Å². The van der Waals surface area contributed by atoms with E-state index in [9.17, 15) is 4.79 Å². The third kappa shape index (κ3) is 4.84. The summed E-state index contributed by atoms with van der Waals surface area (Å²) in [5.41, 5.74) is 0. The van der Waals surface area contributed by atoms with Gasteiger partial charge in [-0.15, -0.1) is 0 Å². The molecule has 0 aliphatic carbocycles. The van der Waals surface area contributed by atoms with Crippen molar-refractivity contribution in [2.45, 2.75) is 19.4 Å². The summed E-state index contributed by atoms with van der Waals surface area (Å²) < 4.78 is 5.55. The number of carboxylic acid groups (broad SMARTS) is 1. The fraction of sp³-hybridized carbons (Fsp3) is 0.250. The van der Waals surface area contributed by atoms with Crippen LogP contribution in [0.3, 0.4) is 0 Å². The lowest BCUT2D eigenvalue weighted by atomic mass is 10.2. The van der Waals surface area contributed by atoms with Crippen molar-refractivity contribution in [1.82, 2.24) is 0 Å². The van der Waals surface area contributed by atoms with Crippen molar-refractivity contribution in [1.29, 1.82) is 0 Å². The molecule has 86 valence electrons. The van der Waals surface area contributed by atoms with E-state index in [4.69, 9.17) is 21.4 Å². The molecule has 0 radical (unpaired) electrons. The molecule has 1 atom stereocenters. The number of hydrogen-bond donors (Lipinski definition) is 1. The molecule has 1 N–H and O–H groups in total. The van der Waals surface area contributed by atoms with Crippen molar-refractivity contribution >= 4 is 17.6 Å². The Bertz CT molecular complexity index is 388. The number of carboxylic acids is 1. The topological polar surface area (TPSA) is 46.5 Å². The van der Waals surface area contributed by atoms with Gasteiger partial charge >= 0.3 is 5.97 Å². The smallest absolute Gasteiger partial charge is 0.327 e. The van der Waals surface area contributed by atoms with Gasteiger partial charge in [-0.1, -0.05) is 23.7 Å². The second kappa shape index (κ2) is 6.18. The van der Waals surface area contributed by atoms with Crippen LogP contribution in [0.15, 0.2) is 36.4 Å². The highest BCUT2D eigenvalue weighted by atomic mass is 35.5. The third-order valence-corrected chi connectivity index (χ3v) is 2.10. The number of carbonyl (C=O) groups is 1. The van der Waals surface area contributed by atoms with Gasteiger partial charge in [-0.2, -0.15) is 0 Å². The van der Waals surface area contributed by atoms with Gasteiger partial charge in [-0.05, 0) is 25.1 Å². The van der Waals surface area contributed by atoms with E-state index in [1.165, 1.54) is 0 Å². The number of hydrogen-bond acceptors (Lipinski definition) is 2. The maximum Gasteiger partial charge on any atom is 0.327 e. The van der Waals surface area contributed by atoms with E-state index < -0.39 is 5.97 Å². The molecule has 0 heterocycles. The molecule has 0 saturated heterocycles. The molecule has 0 aliphatic heterocycles. The number of rotatable bonds is 5.